The number of phenols is 1. The summed E-state index contributed by atoms with van der Waals surface area (Å²) in [6.07, 6.45) is 1.93. The number of ether oxygens (including phenoxy) is 1. The van der Waals surface area contributed by atoms with Gasteiger partial charge in [-0.1, -0.05) is 6.07 Å². The second-order valence-electron chi connectivity index (χ2n) is 4.16. The molecule has 0 saturated heterocycles. The standard InChI is InChI=1S/C13H17N3O2/c1-9-11(8-16(2)15-9)14-7-10-4-5-13(18-3)12(17)6-10/h4-6,8,14,17H,7H2,1-3H3. The number of aromatic nitrogens is 2. The average Bonchev–Trinajstić information content (AvgIpc) is 2.65. The van der Waals surface area contributed by atoms with Crippen molar-refractivity contribution in [1.29, 1.82) is 0 Å². The van der Waals surface area contributed by atoms with Crippen molar-refractivity contribution in [3.63, 3.8) is 0 Å². The molecule has 0 aliphatic heterocycles. The third kappa shape index (κ3) is 2.56. The lowest BCUT2D eigenvalue weighted by atomic mass is 10.2. The molecule has 0 unspecified atom stereocenters. The van der Waals surface area contributed by atoms with E-state index in [4.69, 9.17) is 4.74 Å². The third-order valence-electron chi connectivity index (χ3n) is 2.74. The van der Waals surface area contributed by atoms with Crippen LogP contribution in [-0.2, 0) is 13.6 Å². The molecular weight excluding hydrogens is 230 g/mol. The Bertz CT molecular complexity index is 549. The van der Waals surface area contributed by atoms with Crippen molar-refractivity contribution < 1.29 is 9.84 Å². The lowest BCUT2D eigenvalue weighted by Crippen LogP contribution is -1.99. The quantitative estimate of drug-likeness (QED) is 0.868. The molecule has 1 aromatic heterocycles. The normalized spacial score (nSPS) is 10.4. The molecular formula is C13H17N3O2. The van der Waals surface area contributed by atoms with Crippen LogP contribution in [0.3, 0.4) is 0 Å². The van der Waals surface area contributed by atoms with Crippen molar-refractivity contribution in [2.45, 2.75) is 13.5 Å². The molecule has 18 heavy (non-hydrogen) atoms. The summed E-state index contributed by atoms with van der Waals surface area (Å²) in [4.78, 5) is 0. The maximum atomic E-state index is 9.68. The minimum atomic E-state index is 0.153. The summed E-state index contributed by atoms with van der Waals surface area (Å²) in [5, 5.41) is 17.2. The molecule has 0 spiro atoms. The zero-order valence-corrected chi connectivity index (χ0v) is 10.8. The predicted molar refractivity (Wildman–Crippen MR) is 69.9 cm³/mol. The van der Waals surface area contributed by atoms with Gasteiger partial charge in [0.1, 0.15) is 0 Å². The van der Waals surface area contributed by atoms with Crippen molar-refractivity contribution in [2.75, 3.05) is 12.4 Å². The van der Waals surface area contributed by atoms with Crippen LogP contribution >= 0.6 is 0 Å². The highest BCUT2D eigenvalue weighted by Gasteiger charge is 2.05. The Morgan fingerprint density at radius 1 is 1.44 bits per heavy atom. The van der Waals surface area contributed by atoms with E-state index in [1.807, 2.05) is 26.2 Å². The fourth-order valence-electron chi connectivity index (χ4n) is 1.82. The number of phenolic OH excluding ortho intramolecular Hbond substituents is 1. The van der Waals surface area contributed by atoms with E-state index in [9.17, 15) is 5.11 Å². The van der Waals surface area contributed by atoms with Crippen LogP contribution in [0.15, 0.2) is 24.4 Å². The van der Waals surface area contributed by atoms with Gasteiger partial charge in [-0.2, -0.15) is 5.10 Å². The highest BCUT2D eigenvalue weighted by atomic mass is 16.5. The second kappa shape index (κ2) is 5.00. The van der Waals surface area contributed by atoms with E-state index in [-0.39, 0.29) is 5.75 Å². The molecule has 5 nitrogen and oxygen atoms in total. The first-order valence-electron chi connectivity index (χ1n) is 5.70. The van der Waals surface area contributed by atoms with E-state index in [0.29, 0.717) is 12.3 Å². The molecule has 0 amide bonds. The summed E-state index contributed by atoms with van der Waals surface area (Å²) in [5.74, 6) is 0.635. The maximum absolute atomic E-state index is 9.68. The molecule has 0 fully saturated rings. The van der Waals surface area contributed by atoms with Crippen LogP contribution in [0.5, 0.6) is 11.5 Å². The van der Waals surface area contributed by atoms with E-state index in [1.165, 1.54) is 7.11 Å². The Morgan fingerprint density at radius 3 is 2.78 bits per heavy atom. The average molecular weight is 247 g/mol. The number of aryl methyl sites for hydroxylation is 2. The van der Waals surface area contributed by atoms with Crippen LogP contribution in [0.25, 0.3) is 0 Å². The first-order valence-corrected chi connectivity index (χ1v) is 5.70. The molecule has 2 N–H and O–H groups in total. The zero-order valence-electron chi connectivity index (χ0n) is 10.8. The summed E-state index contributed by atoms with van der Waals surface area (Å²) < 4.78 is 6.77. The highest BCUT2D eigenvalue weighted by Crippen LogP contribution is 2.26. The largest absolute Gasteiger partial charge is 0.504 e. The monoisotopic (exact) mass is 247 g/mol. The number of nitrogens with zero attached hydrogens (tertiary/aromatic N) is 2. The minimum absolute atomic E-state index is 0.153. The van der Waals surface area contributed by atoms with Crippen LogP contribution in [0.1, 0.15) is 11.3 Å². The summed E-state index contributed by atoms with van der Waals surface area (Å²) in [6.45, 7) is 2.58. The summed E-state index contributed by atoms with van der Waals surface area (Å²) >= 11 is 0. The third-order valence-corrected chi connectivity index (χ3v) is 2.74. The first kappa shape index (κ1) is 12.3. The van der Waals surface area contributed by atoms with Gasteiger partial charge in [0.15, 0.2) is 11.5 Å². The van der Waals surface area contributed by atoms with Crippen LogP contribution in [0, 0.1) is 6.92 Å². The number of methoxy groups -OCH3 is 1. The Morgan fingerprint density at radius 2 is 2.22 bits per heavy atom. The summed E-state index contributed by atoms with van der Waals surface area (Å²) in [6, 6.07) is 5.36. The molecule has 2 aromatic rings. The minimum Gasteiger partial charge on any atom is -0.504 e. The van der Waals surface area contributed by atoms with Crippen molar-refractivity contribution in [3.8, 4) is 11.5 Å². The fraction of sp³-hybridized carbons (Fsp3) is 0.308. The molecule has 0 aliphatic rings. The number of aromatic hydroxyl groups is 1. The Kier molecular flexibility index (Phi) is 3.41. The fourth-order valence-corrected chi connectivity index (χ4v) is 1.82. The Hall–Kier alpha value is -2.17. The number of nitrogens with one attached hydrogen (secondary N) is 1. The van der Waals surface area contributed by atoms with E-state index in [1.54, 1.807) is 16.8 Å². The van der Waals surface area contributed by atoms with E-state index < -0.39 is 0 Å². The summed E-state index contributed by atoms with van der Waals surface area (Å²) in [7, 11) is 3.42. The van der Waals surface area contributed by atoms with Crippen molar-refractivity contribution in [3.05, 3.63) is 35.7 Å². The lowest BCUT2D eigenvalue weighted by molar-refractivity contribution is 0.373. The molecule has 0 saturated carbocycles. The van der Waals surface area contributed by atoms with Gasteiger partial charge in [0.25, 0.3) is 0 Å². The van der Waals surface area contributed by atoms with Gasteiger partial charge in [0, 0.05) is 19.8 Å². The van der Waals surface area contributed by atoms with Gasteiger partial charge in [0.05, 0.1) is 18.5 Å². The van der Waals surface area contributed by atoms with E-state index in [0.717, 1.165) is 16.9 Å². The molecule has 0 aliphatic carbocycles. The SMILES string of the molecule is COc1ccc(CNc2cn(C)nc2C)cc1O. The van der Waals surface area contributed by atoms with Crippen LogP contribution < -0.4 is 10.1 Å². The van der Waals surface area contributed by atoms with Gasteiger partial charge in [0.2, 0.25) is 0 Å². The predicted octanol–water partition coefficient (Wildman–Crippen LogP) is 2.05. The van der Waals surface area contributed by atoms with Crippen molar-refractivity contribution >= 4 is 5.69 Å². The van der Waals surface area contributed by atoms with Gasteiger partial charge < -0.3 is 15.2 Å². The second-order valence-corrected chi connectivity index (χ2v) is 4.16. The molecule has 0 radical (unpaired) electrons. The number of hydrogen-bond acceptors (Lipinski definition) is 4. The van der Waals surface area contributed by atoms with E-state index >= 15 is 0 Å². The number of benzene rings is 1. The molecule has 1 aromatic carbocycles. The number of anilines is 1. The van der Waals surface area contributed by atoms with Crippen LogP contribution in [-0.4, -0.2) is 22.0 Å². The van der Waals surface area contributed by atoms with Crippen molar-refractivity contribution in [2.24, 2.45) is 7.05 Å². The topological polar surface area (TPSA) is 59.3 Å². The smallest absolute Gasteiger partial charge is 0.160 e. The molecule has 1 heterocycles. The van der Waals surface area contributed by atoms with Crippen molar-refractivity contribution in [1.82, 2.24) is 9.78 Å². The van der Waals surface area contributed by atoms with Gasteiger partial charge in [-0.15, -0.1) is 0 Å². The van der Waals surface area contributed by atoms with E-state index in [2.05, 4.69) is 10.4 Å². The molecule has 0 atom stereocenters. The van der Waals surface area contributed by atoms with Gasteiger partial charge in [-0.3, -0.25) is 4.68 Å². The van der Waals surface area contributed by atoms with Crippen LogP contribution in [0.4, 0.5) is 5.69 Å². The number of rotatable bonds is 4. The highest BCUT2D eigenvalue weighted by molar-refractivity contribution is 5.47. The first-order chi connectivity index (χ1) is 8.60. The van der Waals surface area contributed by atoms with Crippen LogP contribution in [0.2, 0.25) is 0 Å². The molecule has 5 heteroatoms. The maximum Gasteiger partial charge on any atom is 0.160 e. The van der Waals surface area contributed by atoms with Gasteiger partial charge >= 0.3 is 0 Å². The summed E-state index contributed by atoms with van der Waals surface area (Å²) in [5.41, 5.74) is 2.93. The van der Waals surface area contributed by atoms with Gasteiger partial charge in [-0.05, 0) is 24.6 Å². The molecule has 2 rings (SSSR count). The number of hydrogen-bond donors (Lipinski definition) is 2. The Balaban J connectivity index is 2.06. The molecule has 0 bridgehead atoms. The Labute approximate surface area is 106 Å². The molecule has 96 valence electrons. The lowest BCUT2D eigenvalue weighted by Gasteiger charge is -2.07. The zero-order chi connectivity index (χ0) is 13.1. The van der Waals surface area contributed by atoms with Gasteiger partial charge in [-0.25, -0.2) is 0 Å².